The quantitative estimate of drug-likeness (QED) is 0.504. The summed E-state index contributed by atoms with van der Waals surface area (Å²) in [6.45, 7) is 6.12. The summed E-state index contributed by atoms with van der Waals surface area (Å²) >= 11 is 0. The Balaban J connectivity index is 1.38. The first-order chi connectivity index (χ1) is 17.6. The molecule has 3 aromatic carbocycles. The molecule has 6 heteroatoms. The second-order valence-electron chi connectivity index (χ2n) is 9.15. The topological polar surface area (TPSA) is 67.9 Å². The molecule has 2 aliphatic rings. The number of hydrogen-bond acceptors (Lipinski definition) is 4. The molecular weight excluding hydrogens is 452 g/mol. The Morgan fingerprint density at radius 2 is 1.67 bits per heavy atom. The highest BCUT2D eigenvalue weighted by Gasteiger charge is 2.45. The number of nitrogens with one attached hydrogen (secondary N) is 1. The number of ether oxygens (including phenoxy) is 2. The van der Waals surface area contributed by atoms with Crippen molar-refractivity contribution in [3.63, 3.8) is 0 Å². The molecule has 0 saturated carbocycles. The van der Waals surface area contributed by atoms with E-state index >= 15 is 0 Å². The maximum Gasteiger partial charge on any atom is 0.254 e. The zero-order valence-corrected chi connectivity index (χ0v) is 20.8. The lowest BCUT2D eigenvalue weighted by Gasteiger charge is -2.45. The minimum atomic E-state index is -0.459. The Labute approximate surface area is 212 Å². The molecule has 2 atom stereocenters. The van der Waals surface area contributed by atoms with E-state index in [1.54, 1.807) is 0 Å². The van der Waals surface area contributed by atoms with Gasteiger partial charge in [0.05, 0.1) is 25.2 Å². The second kappa shape index (κ2) is 10.4. The Morgan fingerprint density at radius 3 is 2.47 bits per heavy atom. The lowest BCUT2D eigenvalue weighted by molar-refractivity contribution is -0.124. The van der Waals surface area contributed by atoms with Crippen LogP contribution in [0.3, 0.4) is 0 Å². The van der Waals surface area contributed by atoms with Crippen LogP contribution in [0, 0.1) is 0 Å². The van der Waals surface area contributed by atoms with Crippen LogP contribution in [-0.4, -0.2) is 43.0 Å². The van der Waals surface area contributed by atoms with Gasteiger partial charge in [-0.15, -0.1) is 0 Å². The van der Waals surface area contributed by atoms with Crippen molar-refractivity contribution in [2.24, 2.45) is 0 Å². The zero-order valence-electron chi connectivity index (χ0n) is 20.8. The molecule has 0 fully saturated rings. The van der Waals surface area contributed by atoms with Crippen LogP contribution < -0.4 is 14.8 Å². The first-order valence-electron chi connectivity index (χ1n) is 12.8. The van der Waals surface area contributed by atoms with Gasteiger partial charge in [-0.1, -0.05) is 48.5 Å². The van der Waals surface area contributed by atoms with E-state index < -0.39 is 5.92 Å². The number of fused-ring (bicyclic) bond motifs is 4. The van der Waals surface area contributed by atoms with Gasteiger partial charge in [0.2, 0.25) is 5.91 Å². The number of amides is 2. The van der Waals surface area contributed by atoms with Crippen LogP contribution >= 0.6 is 0 Å². The summed E-state index contributed by atoms with van der Waals surface area (Å²) in [6, 6.07) is 21.3. The largest absolute Gasteiger partial charge is 0.490 e. The Bertz CT molecular complexity index is 1270. The highest BCUT2D eigenvalue weighted by Crippen LogP contribution is 2.45. The molecule has 0 aromatic heterocycles. The van der Waals surface area contributed by atoms with E-state index in [4.69, 9.17) is 9.47 Å². The lowest BCUT2D eigenvalue weighted by atomic mass is 9.76. The summed E-state index contributed by atoms with van der Waals surface area (Å²) in [5, 5.41) is 3.16. The molecule has 2 aliphatic heterocycles. The van der Waals surface area contributed by atoms with Crippen molar-refractivity contribution in [3.8, 4) is 11.5 Å². The van der Waals surface area contributed by atoms with E-state index in [-0.39, 0.29) is 17.9 Å². The first kappa shape index (κ1) is 23.9. The molecule has 0 radical (unpaired) electrons. The number of rotatable bonds is 8. The lowest BCUT2D eigenvalue weighted by Crippen LogP contribution is -2.50. The van der Waals surface area contributed by atoms with Crippen molar-refractivity contribution in [1.82, 2.24) is 10.2 Å². The fraction of sp³-hybridized carbons (Fsp3) is 0.333. The number of hydrogen-bond donors (Lipinski definition) is 1. The standard InChI is InChI=1S/C30H32N2O4/c1-3-35-25-14-13-20(19-26(25)36-4-2)15-17-31-29(33)27-23-11-7-8-12-24(23)30(34)32-18-16-21-9-5-6-10-22(21)28(27)32/h5-14,19,27-28H,3-4,15-18H2,1-2H3,(H,31,33)/t27-,28+/m1/s1. The molecule has 2 heterocycles. The SMILES string of the molecule is CCOc1ccc(CCNC(=O)[C@@H]2c3ccccc3C(=O)N3CCc4ccccc4[C@@H]23)cc1OCC. The van der Waals surface area contributed by atoms with Gasteiger partial charge in [0, 0.05) is 18.7 Å². The fourth-order valence-electron chi connectivity index (χ4n) is 5.45. The third-order valence-electron chi connectivity index (χ3n) is 7.04. The maximum absolute atomic E-state index is 13.7. The Hall–Kier alpha value is -3.80. The number of benzene rings is 3. The molecule has 0 saturated heterocycles. The minimum absolute atomic E-state index is 0.00648. The van der Waals surface area contributed by atoms with Crippen molar-refractivity contribution in [3.05, 3.63) is 94.5 Å². The van der Waals surface area contributed by atoms with Crippen LogP contribution in [-0.2, 0) is 17.6 Å². The first-order valence-corrected chi connectivity index (χ1v) is 12.8. The summed E-state index contributed by atoms with van der Waals surface area (Å²) in [5.41, 5.74) is 4.77. The minimum Gasteiger partial charge on any atom is -0.490 e. The van der Waals surface area contributed by atoms with Gasteiger partial charge in [0.15, 0.2) is 11.5 Å². The van der Waals surface area contributed by atoms with Gasteiger partial charge in [-0.3, -0.25) is 9.59 Å². The van der Waals surface area contributed by atoms with Crippen LogP contribution in [0.5, 0.6) is 11.5 Å². The predicted octanol–water partition coefficient (Wildman–Crippen LogP) is 4.68. The molecule has 0 bridgehead atoms. The summed E-state index contributed by atoms with van der Waals surface area (Å²) < 4.78 is 11.4. The molecule has 3 aromatic rings. The van der Waals surface area contributed by atoms with Crippen LogP contribution in [0.2, 0.25) is 0 Å². The van der Waals surface area contributed by atoms with Gasteiger partial charge in [0.1, 0.15) is 0 Å². The average Bonchev–Trinajstić information content (AvgIpc) is 2.90. The van der Waals surface area contributed by atoms with Crippen molar-refractivity contribution in [2.75, 3.05) is 26.3 Å². The molecule has 36 heavy (non-hydrogen) atoms. The van der Waals surface area contributed by atoms with Crippen LogP contribution in [0.1, 0.15) is 58.4 Å². The van der Waals surface area contributed by atoms with Crippen molar-refractivity contribution < 1.29 is 19.1 Å². The van der Waals surface area contributed by atoms with E-state index in [2.05, 4.69) is 17.4 Å². The van der Waals surface area contributed by atoms with Gasteiger partial charge in [-0.2, -0.15) is 0 Å². The molecule has 0 unspecified atom stereocenters. The van der Waals surface area contributed by atoms with Crippen LogP contribution in [0.15, 0.2) is 66.7 Å². The van der Waals surface area contributed by atoms with Crippen LogP contribution in [0.4, 0.5) is 0 Å². The zero-order chi connectivity index (χ0) is 25.1. The van der Waals surface area contributed by atoms with E-state index in [1.807, 2.05) is 73.3 Å². The van der Waals surface area contributed by atoms with Gasteiger partial charge in [-0.25, -0.2) is 0 Å². The van der Waals surface area contributed by atoms with Crippen molar-refractivity contribution in [2.45, 2.75) is 38.6 Å². The third kappa shape index (κ3) is 4.43. The van der Waals surface area contributed by atoms with Crippen molar-refractivity contribution in [1.29, 1.82) is 0 Å². The molecule has 0 aliphatic carbocycles. The summed E-state index contributed by atoms with van der Waals surface area (Å²) in [5.74, 6) is 0.938. The van der Waals surface area contributed by atoms with E-state index in [0.29, 0.717) is 38.3 Å². The number of nitrogens with zero attached hydrogens (tertiary/aromatic N) is 1. The molecule has 1 N–H and O–H groups in total. The molecule has 5 rings (SSSR count). The highest BCUT2D eigenvalue weighted by molar-refractivity contribution is 6.01. The molecule has 186 valence electrons. The number of carbonyl (C=O) groups excluding carboxylic acids is 2. The Morgan fingerprint density at radius 1 is 0.944 bits per heavy atom. The van der Waals surface area contributed by atoms with Crippen LogP contribution in [0.25, 0.3) is 0 Å². The van der Waals surface area contributed by atoms with E-state index in [1.165, 1.54) is 5.56 Å². The highest BCUT2D eigenvalue weighted by atomic mass is 16.5. The van der Waals surface area contributed by atoms with Gasteiger partial charge >= 0.3 is 0 Å². The predicted molar refractivity (Wildman–Crippen MR) is 139 cm³/mol. The molecule has 0 spiro atoms. The fourth-order valence-corrected chi connectivity index (χ4v) is 5.45. The summed E-state index contributed by atoms with van der Waals surface area (Å²) in [7, 11) is 0. The normalized spacial score (nSPS) is 18.1. The van der Waals surface area contributed by atoms with E-state index in [0.717, 1.165) is 34.6 Å². The molecule has 6 nitrogen and oxygen atoms in total. The summed E-state index contributed by atoms with van der Waals surface area (Å²) in [6.07, 6.45) is 1.46. The second-order valence-corrected chi connectivity index (χ2v) is 9.15. The molecular formula is C30H32N2O4. The smallest absolute Gasteiger partial charge is 0.254 e. The molecule has 2 amide bonds. The average molecular weight is 485 g/mol. The monoisotopic (exact) mass is 484 g/mol. The van der Waals surface area contributed by atoms with Gasteiger partial charge in [0.25, 0.3) is 5.91 Å². The maximum atomic E-state index is 13.7. The summed E-state index contributed by atoms with van der Waals surface area (Å²) in [4.78, 5) is 29.0. The Kier molecular flexibility index (Phi) is 6.94. The van der Waals surface area contributed by atoms with Crippen molar-refractivity contribution >= 4 is 11.8 Å². The van der Waals surface area contributed by atoms with E-state index in [9.17, 15) is 9.59 Å². The third-order valence-corrected chi connectivity index (χ3v) is 7.04. The van der Waals surface area contributed by atoms with Gasteiger partial charge in [-0.05, 0) is 67.1 Å². The number of carbonyl (C=O) groups is 2. The van der Waals surface area contributed by atoms with Gasteiger partial charge < -0.3 is 19.7 Å².